The highest BCUT2D eigenvalue weighted by Gasteiger charge is 2.70. The first kappa shape index (κ1) is 42.9. The van der Waals surface area contributed by atoms with Gasteiger partial charge in [0, 0.05) is 38.9 Å². The number of rotatable bonds is 13. The van der Waals surface area contributed by atoms with Crippen molar-refractivity contribution in [3.05, 3.63) is 60.3 Å². The summed E-state index contributed by atoms with van der Waals surface area (Å²) in [4.78, 5) is 62.2. The van der Waals surface area contributed by atoms with Crippen LogP contribution in [0.4, 0.5) is 9.59 Å². The van der Waals surface area contributed by atoms with Crippen molar-refractivity contribution in [2.24, 2.45) is 28.6 Å². The summed E-state index contributed by atoms with van der Waals surface area (Å²) in [7, 11) is -2.48. The van der Waals surface area contributed by atoms with Crippen LogP contribution in [-0.2, 0) is 19.6 Å². The third-order valence-electron chi connectivity index (χ3n) is 12.1. The zero-order valence-corrected chi connectivity index (χ0v) is 35.1. The summed E-state index contributed by atoms with van der Waals surface area (Å²) in [6.45, 7) is 14.4. The Morgan fingerprint density at radius 3 is 2.23 bits per heavy atom. The Morgan fingerprint density at radius 2 is 1.62 bits per heavy atom. The summed E-state index contributed by atoms with van der Waals surface area (Å²) in [5.41, 5.74) is 3.07. The van der Waals surface area contributed by atoms with Crippen LogP contribution in [0.25, 0.3) is 0 Å². The van der Waals surface area contributed by atoms with Crippen LogP contribution in [-0.4, -0.2) is 96.3 Å². The minimum absolute atomic E-state index is 0.0311. The minimum Gasteiger partial charge on any atom is -0.334 e. The molecule has 6 atom stereocenters. The SMILES string of the molecule is CCCN(NC(=O)[C@@H]1[C@@H]2[C@H](CN1C(=O)[C@@H](NC(=O)N[C@H](CN(C)S(=O)(=O)c1ccccn1)C(C)(C)C)C1CCCCC1)C2(C)C)C(=O)N[C@@H](C)c1ccccc1. The van der Waals surface area contributed by atoms with Gasteiger partial charge in [0.25, 0.3) is 15.9 Å². The normalized spacial score (nSPS) is 22.3. The van der Waals surface area contributed by atoms with E-state index in [4.69, 9.17) is 0 Å². The number of fused-ring (bicyclic) bond motifs is 1. The lowest BCUT2D eigenvalue weighted by atomic mass is 9.83. The van der Waals surface area contributed by atoms with Gasteiger partial charge < -0.3 is 20.9 Å². The summed E-state index contributed by atoms with van der Waals surface area (Å²) < 4.78 is 27.9. The average molecular weight is 795 g/mol. The number of carbonyl (C=O) groups excluding carboxylic acids is 4. The maximum absolute atomic E-state index is 14.8. The van der Waals surface area contributed by atoms with Crippen LogP contribution in [0.1, 0.15) is 98.6 Å². The number of sulfonamides is 1. The summed E-state index contributed by atoms with van der Waals surface area (Å²) >= 11 is 0. The second-order valence-corrected chi connectivity index (χ2v) is 19.5. The van der Waals surface area contributed by atoms with Crippen molar-refractivity contribution in [3.8, 4) is 0 Å². The molecule has 1 aromatic carbocycles. The first-order valence-electron chi connectivity index (χ1n) is 20.1. The third kappa shape index (κ3) is 9.64. The molecule has 6 amide bonds. The van der Waals surface area contributed by atoms with E-state index in [9.17, 15) is 27.6 Å². The third-order valence-corrected chi connectivity index (χ3v) is 13.9. The van der Waals surface area contributed by atoms with E-state index in [1.807, 2.05) is 65.0 Å². The molecular formula is C41H62N8O6S. The molecule has 3 fully saturated rings. The molecule has 4 N–H and O–H groups in total. The Hall–Kier alpha value is -4.24. The number of piperidine rings is 1. The van der Waals surface area contributed by atoms with E-state index in [2.05, 4.69) is 40.2 Å². The Balaban J connectivity index is 1.33. The molecule has 15 heteroatoms. The number of aromatic nitrogens is 1. The van der Waals surface area contributed by atoms with Crippen molar-refractivity contribution in [2.75, 3.05) is 26.7 Å². The summed E-state index contributed by atoms with van der Waals surface area (Å²) in [5, 5.41) is 10.2. The maximum Gasteiger partial charge on any atom is 0.336 e. The number of amides is 6. The van der Waals surface area contributed by atoms with Gasteiger partial charge in [0.2, 0.25) is 5.91 Å². The minimum atomic E-state index is -3.93. The highest BCUT2D eigenvalue weighted by Crippen LogP contribution is 2.65. The van der Waals surface area contributed by atoms with Gasteiger partial charge >= 0.3 is 12.1 Å². The average Bonchev–Trinajstić information content (AvgIpc) is 3.46. The van der Waals surface area contributed by atoms with Gasteiger partial charge in [0.05, 0.1) is 6.04 Å². The highest BCUT2D eigenvalue weighted by molar-refractivity contribution is 7.89. The fourth-order valence-electron chi connectivity index (χ4n) is 8.45. The number of hydrazine groups is 1. The number of hydrogen-bond acceptors (Lipinski definition) is 7. The number of nitrogens with one attached hydrogen (secondary N) is 4. The lowest BCUT2D eigenvalue weighted by molar-refractivity contribution is -0.144. The van der Waals surface area contributed by atoms with Crippen LogP contribution < -0.4 is 21.4 Å². The van der Waals surface area contributed by atoms with Gasteiger partial charge in [-0.25, -0.2) is 28.0 Å². The monoisotopic (exact) mass is 794 g/mol. The molecule has 0 spiro atoms. The smallest absolute Gasteiger partial charge is 0.334 e. The van der Waals surface area contributed by atoms with Crippen molar-refractivity contribution < 1.29 is 27.6 Å². The lowest BCUT2D eigenvalue weighted by Crippen LogP contribution is -2.62. The maximum atomic E-state index is 14.8. The predicted octanol–water partition coefficient (Wildman–Crippen LogP) is 5.06. The Kier molecular flexibility index (Phi) is 13.4. The molecule has 14 nitrogen and oxygen atoms in total. The largest absolute Gasteiger partial charge is 0.336 e. The van der Waals surface area contributed by atoms with Crippen LogP contribution in [0.5, 0.6) is 0 Å². The summed E-state index contributed by atoms with van der Waals surface area (Å²) in [6, 6.07) is 10.6. The van der Waals surface area contributed by atoms with E-state index >= 15 is 0 Å². The highest BCUT2D eigenvalue weighted by atomic mass is 32.2. The standard InChI is InChI=1S/C41H62N8O6S/c1-9-24-49(39(53)43-27(2)28-18-12-10-13-19-28)46-36(50)35-33-30(41(33,6)7)25-48(35)37(51)34(29-20-14-11-15-21-29)45-38(52)44-31(40(3,4)5)26-47(8)56(54,55)32-22-16-17-23-42-32/h10,12-13,16-19,22-23,27,29-31,33-35H,9,11,14-15,20-21,24-26H2,1-8H3,(H,43,53)(H,46,50)(H2,44,45,52)/t27-,30-,31+,33-,34-,35-/m0/s1. The van der Waals surface area contributed by atoms with E-state index < -0.39 is 51.5 Å². The van der Waals surface area contributed by atoms with Crippen molar-refractivity contribution in [1.29, 1.82) is 0 Å². The molecule has 3 aliphatic rings. The molecule has 1 saturated heterocycles. The lowest BCUT2D eigenvalue weighted by Gasteiger charge is -2.38. The van der Waals surface area contributed by atoms with Gasteiger partial charge in [0.1, 0.15) is 12.1 Å². The molecule has 1 aliphatic heterocycles. The van der Waals surface area contributed by atoms with E-state index in [-0.39, 0.29) is 53.2 Å². The Labute approximate surface area is 332 Å². The van der Waals surface area contributed by atoms with E-state index in [1.165, 1.54) is 28.6 Å². The number of pyridine rings is 1. The molecule has 0 unspecified atom stereocenters. The van der Waals surface area contributed by atoms with Crippen molar-refractivity contribution >= 4 is 33.9 Å². The quantitative estimate of drug-likeness (QED) is 0.205. The number of carbonyl (C=O) groups is 4. The molecule has 56 heavy (non-hydrogen) atoms. The number of urea groups is 2. The molecule has 308 valence electrons. The van der Waals surface area contributed by atoms with Gasteiger partial charge in [-0.15, -0.1) is 0 Å². The number of nitrogens with zero attached hydrogens (tertiary/aromatic N) is 4. The molecule has 2 heterocycles. The van der Waals surface area contributed by atoms with Crippen LogP contribution in [0.2, 0.25) is 0 Å². The van der Waals surface area contributed by atoms with Gasteiger partial charge in [-0.3, -0.25) is 15.0 Å². The fraction of sp³-hybridized carbons (Fsp3) is 0.634. The van der Waals surface area contributed by atoms with Crippen LogP contribution in [0, 0.1) is 28.6 Å². The molecule has 2 aromatic rings. The Morgan fingerprint density at radius 1 is 0.964 bits per heavy atom. The molecular weight excluding hydrogens is 733 g/mol. The first-order valence-corrected chi connectivity index (χ1v) is 21.5. The molecule has 5 rings (SSSR count). The number of benzene rings is 1. The number of likely N-dealkylation sites (tertiary alicyclic amines) is 1. The van der Waals surface area contributed by atoms with Gasteiger partial charge in [-0.05, 0) is 72.5 Å². The second kappa shape index (κ2) is 17.5. The topological polar surface area (TPSA) is 173 Å². The van der Waals surface area contributed by atoms with Crippen LogP contribution in [0.15, 0.2) is 59.8 Å². The predicted molar refractivity (Wildman–Crippen MR) is 214 cm³/mol. The number of likely N-dealkylation sites (N-methyl/N-ethyl adjacent to an activating group) is 1. The van der Waals surface area contributed by atoms with Crippen molar-refractivity contribution in [2.45, 2.75) is 116 Å². The zero-order valence-electron chi connectivity index (χ0n) is 34.2. The van der Waals surface area contributed by atoms with Crippen molar-refractivity contribution in [3.63, 3.8) is 0 Å². The van der Waals surface area contributed by atoms with Crippen LogP contribution in [0.3, 0.4) is 0 Å². The van der Waals surface area contributed by atoms with Gasteiger partial charge in [-0.1, -0.05) is 97.2 Å². The van der Waals surface area contributed by atoms with E-state index in [0.717, 1.165) is 37.7 Å². The van der Waals surface area contributed by atoms with Gasteiger partial charge in [0.15, 0.2) is 5.03 Å². The Bertz CT molecular complexity index is 1800. The van der Waals surface area contributed by atoms with E-state index in [0.29, 0.717) is 13.0 Å². The van der Waals surface area contributed by atoms with E-state index in [1.54, 1.807) is 17.0 Å². The molecule has 0 bridgehead atoms. The first-order chi connectivity index (χ1) is 26.4. The second-order valence-electron chi connectivity index (χ2n) is 17.5. The van der Waals surface area contributed by atoms with Crippen LogP contribution >= 0.6 is 0 Å². The zero-order chi connectivity index (χ0) is 41.0. The van der Waals surface area contributed by atoms with Crippen molar-refractivity contribution in [1.82, 2.24) is 40.6 Å². The molecule has 1 aromatic heterocycles. The number of hydrogen-bond donors (Lipinski definition) is 4. The molecule has 0 radical (unpaired) electrons. The fourth-order valence-corrected chi connectivity index (χ4v) is 9.56. The summed E-state index contributed by atoms with van der Waals surface area (Å²) in [6.07, 6.45) is 6.39. The summed E-state index contributed by atoms with van der Waals surface area (Å²) in [5.74, 6) is -0.899. The molecule has 2 saturated carbocycles. The van der Waals surface area contributed by atoms with Gasteiger partial charge in [-0.2, -0.15) is 4.31 Å². The molecule has 2 aliphatic carbocycles.